The average Bonchev–Trinajstić information content (AvgIpc) is 2.61. The van der Waals surface area contributed by atoms with Crippen LogP contribution in [0.3, 0.4) is 0 Å². The number of nitrogens with one attached hydrogen (secondary N) is 1. The molecular formula is C20H19NOS. The van der Waals surface area contributed by atoms with Crippen molar-refractivity contribution >= 4 is 28.4 Å². The number of carbonyl (C=O) groups excluding carboxylic acids is 1. The lowest BCUT2D eigenvalue weighted by Crippen LogP contribution is -2.27. The quantitative estimate of drug-likeness (QED) is 0.668. The highest BCUT2D eigenvalue weighted by molar-refractivity contribution is 7.99. The minimum absolute atomic E-state index is 0.0375. The van der Waals surface area contributed by atoms with Crippen molar-refractivity contribution in [2.24, 2.45) is 0 Å². The lowest BCUT2D eigenvalue weighted by atomic mass is 10.0. The zero-order valence-electron chi connectivity index (χ0n) is 13.0. The summed E-state index contributed by atoms with van der Waals surface area (Å²) in [5.74, 6) is 0.896. The van der Waals surface area contributed by atoms with Crippen LogP contribution in [0.4, 0.5) is 0 Å². The molecule has 0 aliphatic carbocycles. The summed E-state index contributed by atoms with van der Waals surface area (Å²) >= 11 is 1.74. The molecule has 1 atom stereocenters. The molecule has 0 aliphatic rings. The Bertz CT molecular complexity index is 796. The summed E-state index contributed by atoms with van der Waals surface area (Å²) in [5.41, 5.74) is 1.84. The molecule has 0 bridgehead atoms. The maximum Gasteiger partial charge on any atom is 0.252 e. The fraction of sp³-hybridized carbons (Fsp3) is 0.150. The van der Waals surface area contributed by atoms with Gasteiger partial charge in [-0.05, 0) is 34.2 Å². The largest absolute Gasteiger partial charge is 0.336 e. The molecule has 0 aromatic heterocycles. The van der Waals surface area contributed by atoms with Crippen molar-refractivity contribution in [3.63, 3.8) is 0 Å². The first-order valence-corrected chi connectivity index (χ1v) is 8.79. The molecule has 1 unspecified atom stereocenters. The Labute approximate surface area is 140 Å². The molecule has 3 rings (SSSR count). The smallest absolute Gasteiger partial charge is 0.252 e. The number of hydrogen-bond acceptors (Lipinski definition) is 2. The van der Waals surface area contributed by atoms with Crippen LogP contribution in [0.2, 0.25) is 0 Å². The lowest BCUT2D eigenvalue weighted by Gasteiger charge is -2.20. The van der Waals surface area contributed by atoms with Crippen molar-refractivity contribution in [1.82, 2.24) is 5.32 Å². The number of benzene rings is 3. The summed E-state index contributed by atoms with van der Waals surface area (Å²) in [6.45, 7) is 2.11. The first-order chi connectivity index (χ1) is 11.3. The highest BCUT2D eigenvalue weighted by atomic mass is 32.2. The van der Waals surface area contributed by atoms with Crippen molar-refractivity contribution in [1.29, 1.82) is 0 Å². The van der Waals surface area contributed by atoms with Gasteiger partial charge in [-0.1, -0.05) is 67.6 Å². The van der Waals surface area contributed by atoms with Gasteiger partial charge in [0.1, 0.15) is 5.37 Å². The SMILES string of the molecule is CCSC(NC(=O)c1ccccc1)c1cccc2ccccc12. The third kappa shape index (κ3) is 3.57. The van der Waals surface area contributed by atoms with Gasteiger partial charge in [-0.15, -0.1) is 11.8 Å². The standard InChI is InChI=1S/C20H19NOS/c1-2-23-20(21-19(22)16-10-4-3-5-11-16)18-14-8-12-15-9-6-7-13-17(15)18/h3-14,20H,2H2,1H3,(H,21,22). The molecule has 0 spiro atoms. The van der Waals surface area contributed by atoms with E-state index in [9.17, 15) is 4.79 Å². The van der Waals surface area contributed by atoms with E-state index in [0.29, 0.717) is 5.56 Å². The molecule has 0 radical (unpaired) electrons. The third-order valence-electron chi connectivity index (χ3n) is 3.74. The summed E-state index contributed by atoms with van der Waals surface area (Å²) in [4.78, 5) is 12.5. The minimum Gasteiger partial charge on any atom is -0.336 e. The third-order valence-corrected chi connectivity index (χ3v) is 4.78. The van der Waals surface area contributed by atoms with E-state index < -0.39 is 0 Å². The Morgan fingerprint density at radius 1 is 0.957 bits per heavy atom. The molecule has 0 aliphatic heterocycles. The molecule has 1 amide bonds. The van der Waals surface area contributed by atoms with Crippen LogP contribution in [0.5, 0.6) is 0 Å². The monoisotopic (exact) mass is 321 g/mol. The molecule has 3 heteroatoms. The van der Waals surface area contributed by atoms with E-state index in [2.05, 4.69) is 42.6 Å². The number of fused-ring (bicyclic) bond motifs is 1. The molecule has 116 valence electrons. The minimum atomic E-state index is -0.0567. The van der Waals surface area contributed by atoms with Gasteiger partial charge in [0.15, 0.2) is 0 Å². The number of amides is 1. The molecule has 0 saturated heterocycles. The highest BCUT2D eigenvalue weighted by Gasteiger charge is 2.17. The first kappa shape index (κ1) is 15.6. The van der Waals surface area contributed by atoms with Crippen molar-refractivity contribution in [3.05, 3.63) is 83.9 Å². The molecular weight excluding hydrogens is 302 g/mol. The van der Waals surface area contributed by atoms with E-state index in [-0.39, 0.29) is 11.3 Å². The van der Waals surface area contributed by atoms with E-state index in [1.54, 1.807) is 11.8 Å². The summed E-state index contributed by atoms with van der Waals surface area (Å²) in [7, 11) is 0. The van der Waals surface area contributed by atoms with Crippen molar-refractivity contribution in [2.45, 2.75) is 12.3 Å². The number of hydrogen-bond donors (Lipinski definition) is 1. The highest BCUT2D eigenvalue weighted by Crippen LogP contribution is 2.31. The summed E-state index contributed by atoms with van der Waals surface area (Å²) < 4.78 is 0. The van der Waals surface area contributed by atoms with Crippen LogP contribution < -0.4 is 5.32 Å². The Hall–Kier alpha value is -2.26. The summed E-state index contributed by atoms with van der Waals surface area (Å²) in [6.07, 6.45) is 0. The summed E-state index contributed by atoms with van der Waals surface area (Å²) in [5, 5.41) is 5.49. The number of thioether (sulfide) groups is 1. The summed E-state index contributed by atoms with van der Waals surface area (Å²) in [6, 6.07) is 23.9. The molecule has 0 heterocycles. The molecule has 3 aromatic rings. The van der Waals surface area contributed by atoms with Crippen molar-refractivity contribution in [3.8, 4) is 0 Å². The Kier molecular flexibility index (Phi) is 4.99. The zero-order chi connectivity index (χ0) is 16.1. The van der Waals surface area contributed by atoms with Gasteiger partial charge in [0.05, 0.1) is 0 Å². The van der Waals surface area contributed by atoms with Gasteiger partial charge in [0.2, 0.25) is 0 Å². The van der Waals surface area contributed by atoms with Crippen LogP contribution in [0, 0.1) is 0 Å². The van der Waals surface area contributed by atoms with E-state index in [1.807, 2.05) is 42.5 Å². The maximum absolute atomic E-state index is 12.5. The van der Waals surface area contributed by atoms with E-state index in [0.717, 1.165) is 11.3 Å². The van der Waals surface area contributed by atoms with Gasteiger partial charge in [-0.25, -0.2) is 0 Å². The normalized spacial score (nSPS) is 12.0. The predicted molar refractivity (Wildman–Crippen MR) is 98.7 cm³/mol. The molecule has 23 heavy (non-hydrogen) atoms. The van der Waals surface area contributed by atoms with Crippen LogP contribution in [0.25, 0.3) is 10.8 Å². The molecule has 2 nitrogen and oxygen atoms in total. The predicted octanol–water partition coefficient (Wildman–Crippen LogP) is 5.02. The first-order valence-electron chi connectivity index (χ1n) is 7.75. The van der Waals surface area contributed by atoms with Gasteiger partial charge < -0.3 is 5.32 Å². The fourth-order valence-electron chi connectivity index (χ4n) is 2.65. The van der Waals surface area contributed by atoms with Crippen LogP contribution >= 0.6 is 11.8 Å². The molecule has 0 fully saturated rings. The van der Waals surface area contributed by atoms with Crippen molar-refractivity contribution in [2.75, 3.05) is 5.75 Å². The van der Waals surface area contributed by atoms with Gasteiger partial charge in [-0.2, -0.15) is 0 Å². The average molecular weight is 321 g/mol. The van der Waals surface area contributed by atoms with E-state index >= 15 is 0 Å². The van der Waals surface area contributed by atoms with E-state index in [4.69, 9.17) is 0 Å². The zero-order valence-corrected chi connectivity index (χ0v) is 13.8. The van der Waals surface area contributed by atoms with Crippen molar-refractivity contribution < 1.29 is 4.79 Å². The maximum atomic E-state index is 12.5. The van der Waals surface area contributed by atoms with Crippen LogP contribution in [0.15, 0.2) is 72.8 Å². The van der Waals surface area contributed by atoms with Gasteiger partial charge in [0, 0.05) is 5.56 Å². The lowest BCUT2D eigenvalue weighted by molar-refractivity contribution is 0.0950. The second-order valence-electron chi connectivity index (χ2n) is 5.24. The Morgan fingerprint density at radius 3 is 2.43 bits per heavy atom. The van der Waals surface area contributed by atoms with Crippen LogP contribution in [0.1, 0.15) is 28.2 Å². The number of rotatable bonds is 5. The van der Waals surface area contributed by atoms with Gasteiger partial charge in [0.25, 0.3) is 5.91 Å². The molecule has 1 N–H and O–H groups in total. The van der Waals surface area contributed by atoms with Gasteiger partial charge in [-0.3, -0.25) is 4.79 Å². The second kappa shape index (κ2) is 7.34. The number of carbonyl (C=O) groups is 1. The second-order valence-corrected chi connectivity index (χ2v) is 6.63. The Balaban J connectivity index is 1.93. The Morgan fingerprint density at radius 2 is 1.65 bits per heavy atom. The fourth-order valence-corrected chi connectivity index (χ4v) is 3.56. The molecule has 3 aromatic carbocycles. The van der Waals surface area contributed by atoms with Crippen LogP contribution in [-0.4, -0.2) is 11.7 Å². The molecule has 0 saturated carbocycles. The topological polar surface area (TPSA) is 29.1 Å². The van der Waals surface area contributed by atoms with Crippen LogP contribution in [-0.2, 0) is 0 Å². The van der Waals surface area contributed by atoms with E-state index in [1.165, 1.54) is 10.8 Å². The van der Waals surface area contributed by atoms with Gasteiger partial charge >= 0.3 is 0 Å².